The zero-order valence-corrected chi connectivity index (χ0v) is 12.8. The molecule has 4 atom stereocenters. The molecule has 1 N–H and O–H groups in total. The molecule has 2 bridgehead atoms. The first-order valence-corrected chi connectivity index (χ1v) is 7.42. The smallest absolute Gasteiger partial charge is 0.237 e. The van der Waals surface area contributed by atoms with Crippen LogP contribution in [0.3, 0.4) is 0 Å². The van der Waals surface area contributed by atoms with Gasteiger partial charge in [-0.2, -0.15) is 5.26 Å². The van der Waals surface area contributed by atoms with E-state index >= 15 is 0 Å². The number of carbonyl (C=O) groups is 1. The van der Waals surface area contributed by atoms with E-state index in [9.17, 15) is 4.79 Å². The van der Waals surface area contributed by atoms with Gasteiger partial charge in [-0.25, -0.2) is 0 Å². The van der Waals surface area contributed by atoms with Gasteiger partial charge < -0.3 is 5.32 Å². The van der Waals surface area contributed by atoms with Gasteiger partial charge in [-0.3, -0.25) is 4.79 Å². The second kappa shape index (κ2) is 4.51. The number of amides is 1. The van der Waals surface area contributed by atoms with E-state index < -0.39 is 5.92 Å². The van der Waals surface area contributed by atoms with E-state index in [0.717, 1.165) is 0 Å². The first-order valence-electron chi connectivity index (χ1n) is 7.42. The molecule has 3 heteroatoms. The van der Waals surface area contributed by atoms with Crippen LogP contribution in [0.15, 0.2) is 0 Å². The minimum atomic E-state index is -0.529. The zero-order chi connectivity index (χ0) is 14.4. The molecule has 0 aromatic heterocycles. The second-order valence-corrected chi connectivity index (χ2v) is 7.71. The molecule has 106 valence electrons. The maximum Gasteiger partial charge on any atom is 0.237 e. The number of fused-ring (bicyclic) bond motifs is 2. The van der Waals surface area contributed by atoms with Crippen molar-refractivity contribution in [1.29, 1.82) is 5.26 Å². The van der Waals surface area contributed by atoms with Gasteiger partial charge in [0.1, 0.15) is 5.92 Å². The van der Waals surface area contributed by atoms with E-state index in [0.29, 0.717) is 5.92 Å². The maximum atomic E-state index is 12.3. The van der Waals surface area contributed by atoms with Gasteiger partial charge in [0.25, 0.3) is 0 Å². The fourth-order valence-electron chi connectivity index (χ4n) is 4.40. The lowest BCUT2D eigenvalue weighted by molar-refractivity contribution is -0.127. The predicted octanol–water partition coefficient (Wildman–Crippen LogP) is 3.11. The van der Waals surface area contributed by atoms with Crippen LogP contribution in [0.1, 0.15) is 53.9 Å². The minimum Gasteiger partial charge on any atom is -0.351 e. The molecule has 0 aliphatic heterocycles. The van der Waals surface area contributed by atoms with Crippen molar-refractivity contribution < 1.29 is 4.79 Å². The van der Waals surface area contributed by atoms with Gasteiger partial charge in [-0.1, -0.05) is 34.6 Å². The Labute approximate surface area is 116 Å². The summed E-state index contributed by atoms with van der Waals surface area (Å²) in [4.78, 5) is 12.3. The molecule has 2 fully saturated rings. The Bertz CT molecular complexity index is 416. The second-order valence-electron chi connectivity index (χ2n) is 7.71. The van der Waals surface area contributed by atoms with Crippen LogP contribution in [0.4, 0.5) is 0 Å². The molecule has 0 aromatic carbocycles. The molecule has 19 heavy (non-hydrogen) atoms. The van der Waals surface area contributed by atoms with Crippen molar-refractivity contribution >= 4 is 5.91 Å². The number of hydrogen-bond donors (Lipinski definition) is 1. The van der Waals surface area contributed by atoms with Crippen molar-refractivity contribution in [2.75, 3.05) is 0 Å². The van der Waals surface area contributed by atoms with E-state index in [1.54, 1.807) is 0 Å². The highest BCUT2D eigenvalue weighted by atomic mass is 16.2. The van der Waals surface area contributed by atoms with Gasteiger partial charge in [0.05, 0.1) is 6.07 Å². The SMILES string of the molecule is CC(C)C(C#N)C(=O)NC1C2(C)CCC(C2)C1(C)C. The summed E-state index contributed by atoms with van der Waals surface area (Å²) in [6.45, 7) is 10.7. The Hall–Kier alpha value is -1.04. The van der Waals surface area contributed by atoms with Crippen molar-refractivity contribution in [2.24, 2.45) is 28.6 Å². The lowest BCUT2D eigenvalue weighted by atomic mass is 9.68. The van der Waals surface area contributed by atoms with Gasteiger partial charge in [-0.15, -0.1) is 0 Å². The molecule has 0 spiro atoms. The predicted molar refractivity (Wildman–Crippen MR) is 75.1 cm³/mol. The van der Waals surface area contributed by atoms with E-state index in [1.807, 2.05) is 13.8 Å². The summed E-state index contributed by atoms with van der Waals surface area (Å²) in [5, 5.41) is 12.4. The Morgan fingerprint density at radius 3 is 2.42 bits per heavy atom. The Balaban J connectivity index is 2.15. The van der Waals surface area contributed by atoms with Crippen LogP contribution in [0.25, 0.3) is 0 Å². The molecular formula is C16H26N2O. The average molecular weight is 262 g/mol. The average Bonchev–Trinajstić information content (AvgIpc) is 2.76. The molecule has 0 heterocycles. The van der Waals surface area contributed by atoms with Crippen LogP contribution in [0, 0.1) is 39.9 Å². The summed E-state index contributed by atoms with van der Waals surface area (Å²) >= 11 is 0. The normalized spacial score (nSPS) is 37.1. The van der Waals surface area contributed by atoms with Gasteiger partial charge in [0.15, 0.2) is 0 Å². The molecule has 0 saturated heterocycles. The van der Waals surface area contributed by atoms with Crippen LogP contribution in [-0.2, 0) is 4.79 Å². The summed E-state index contributed by atoms with van der Waals surface area (Å²) < 4.78 is 0. The number of nitriles is 1. The molecule has 1 amide bonds. The third-order valence-corrected chi connectivity index (χ3v) is 5.64. The molecule has 4 unspecified atom stereocenters. The minimum absolute atomic E-state index is 0.0690. The van der Waals surface area contributed by atoms with Crippen LogP contribution in [0.5, 0.6) is 0 Å². The molecule has 2 saturated carbocycles. The fourth-order valence-corrected chi connectivity index (χ4v) is 4.40. The summed E-state index contributed by atoms with van der Waals surface area (Å²) in [6, 6.07) is 2.36. The fraction of sp³-hybridized carbons (Fsp3) is 0.875. The van der Waals surface area contributed by atoms with Crippen LogP contribution < -0.4 is 5.32 Å². The number of carbonyl (C=O) groups excluding carboxylic acids is 1. The highest BCUT2D eigenvalue weighted by Gasteiger charge is 2.59. The Morgan fingerprint density at radius 2 is 2.00 bits per heavy atom. The molecule has 3 nitrogen and oxygen atoms in total. The van der Waals surface area contributed by atoms with Gasteiger partial charge in [0, 0.05) is 6.04 Å². The van der Waals surface area contributed by atoms with E-state index in [4.69, 9.17) is 5.26 Å². The molecule has 2 aliphatic carbocycles. The van der Waals surface area contributed by atoms with E-state index in [2.05, 4.69) is 32.2 Å². The lowest BCUT2D eigenvalue weighted by Gasteiger charge is -2.43. The van der Waals surface area contributed by atoms with Crippen molar-refractivity contribution in [1.82, 2.24) is 5.32 Å². The summed E-state index contributed by atoms with van der Waals surface area (Å²) in [6.07, 6.45) is 3.69. The lowest BCUT2D eigenvalue weighted by Crippen LogP contribution is -2.54. The molecule has 0 radical (unpaired) electrons. The summed E-state index contributed by atoms with van der Waals surface area (Å²) in [5.41, 5.74) is 0.375. The molecule has 2 aliphatic rings. The van der Waals surface area contributed by atoms with Gasteiger partial charge in [-0.05, 0) is 41.9 Å². The number of rotatable bonds is 3. The zero-order valence-electron chi connectivity index (χ0n) is 12.8. The molecule has 0 aromatic rings. The first kappa shape index (κ1) is 14.4. The quantitative estimate of drug-likeness (QED) is 0.849. The number of nitrogens with one attached hydrogen (secondary N) is 1. The third kappa shape index (κ3) is 2.16. The largest absolute Gasteiger partial charge is 0.351 e. The van der Waals surface area contributed by atoms with Crippen molar-refractivity contribution in [3.63, 3.8) is 0 Å². The summed E-state index contributed by atoms with van der Waals surface area (Å²) in [5.74, 6) is 0.171. The van der Waals surface area contributed by atoms with Crippen LogP contribution >= 0.6 is 0 Å². The van der Waals surface area contributed by atoms with Crippen molar-refractivity contribution in [2.45, 2.75) is 59.9 Å². The van der Waals surface area contributed by atoms with Crippen molar-refractivity contribution in [3.05, 3.63) is 0 Å². The van der Waals surface area contributed by atoms with Gasteiger partial charge in [0.2, 0.25) is 5.91 Å². The topological polar surface area (TPSA) is 52.9 Å². The molecular weight excluding hydrogens is 236 g/mol. The van der Waals surface area contributed by atoms with Gasteiger partial charge >= 0.3 is 0 Å². The highest BCUT2D eigenvalue weighted by molar-refractivity contribution is 5.81. The third-order valence-electron chi connectivity index (χ3n) is 5.64. The van der Waals surface area contributed by atoms with Crippen LogP contribution in [-0.4, -0.2) is 11.9 Å². The van der Waals surface area contributed by atoms with E-state index in [-0.39, 0.29) is 28.7 Å². The van der Waals surface area contributed by atoms with Crippen LogP contribution in [0.2, 0.25) is 0 Å². The number of nitrogens with zero attached hydrogens (tertiary/aromatic N) is 1. The standard InChI is InChI=1S/C16H26N2O/c1-10(2)12(9-17)13(19)18-14-15(3,4)11-6-7-16(14,5)8-11/h10-12,14H,6-8H2,1-5H3,(H,18,19). The highest BCUT2D eigenvalue weighted by Crippen LogP contribution is 2.62. The number of hydrogen-bond acceptors (Lipinski definition) is 2. The summed E-state index contributed by atoms with van der Waals surface area (Å²) in [7, 11) is 0. The maximum absolute atomic E-state index is 12.3. The van der Waals surface area contributed by atoms with Crippen molar-refractivity contribution in [3.8, 4) is 6.07 Å². The monoisotopic (exact) mass is 262 g/mol. The van der Waals surface area contributed by atoms with E-state index in [1.165, 1.54) is 19.3 Å². The Morgan fingerprint density at radius 1 is 1.37 bits per heavy atom. The first-order chi connectivity index (χ1) is 8.72. The molecule has 2 rings (SSSR count). The Kier molecular flexibility index (Phi) is 3.41.